The molecule has 1 aliphatic carbocycles. The lowest BCUT2D eigenvalue weighted by Gasteiger charge is -2.21. The van der Waals surface area contributed by atoms with Crippen molar-refractivity contribution < 1.29 is 0 Å². The van der Waals surface area contributed by atoms with Crippen molar-refractivity contribution >= 4 is 23.7 Å². The Labute approximate surface area is 107 Å². The minimum absolute atomic E-state index is 0. The summed E-state index contributed by atoms with van der Waals surface area (Å²) in [4.78, 5) is 6.92. The lowest BCUT2D eigenvalue weighted by molar-refractivity contribution is 0.252. The van der Waals surface area contributed by atoms with Crippen molar-refractivity contribution in [3.05, 3.63) is 16.1 Å². The highest BCUT2D eigenvalue weighted by molar-refractivity contribution is 7.09. The van der Waals surface area contributed by atoms with Crippen LogP contribution in [0.1, 0.15) is 36.4 Å². The highest BCUT2D eigenvalue weighted by Gasteiger charge is 2.26. The Hall–Kier alpha value is -0.160. The molecule has 1 atom stereocenters. The largest absolute Gasteiger partial charge is 0.329 e. The zero-order chi connectivity index (χ0) is 10.8. The van der Waals surface area contributed by atoms with Gasteiger partial charge in [-0.3, -0.25) is 4.90 Å². The van der Waals surface area contributed by atoms with Crippen molar-refractivity contribution in [3.63, 3.8) is 0 Å². The minimum atomic E-state index is 0. The average Bonchev–Trinajstić information content (AvgIpc) is 2.99. The van der Waals surface area contributed by atoms with E-state index in [0.29, 0.717) is 12.6 Å². The smallest absolute Gasteiger partial charge is 0.0959 e. The van der Waals surface area contributed by atoms with Gasteiger partial charge in [0.05, 0.1) is 10.7 Å². The molecule has 0 saturated heterocycles. The van der Waals surface area contributed by atoms with Gasteiger partial charge >= 0.3 is 0 Å². The number of nitrogens with zero attached hydrogens (tertiary/aromatic N) is 2. The van der Waals surface area contributed by atoms with Crippen LogP contribution >= 0.6 is 23.7 Å². The summed E-state index contributed by atoms with van der Waals surface area (Å²) in [5.74, 6) is 0.779. The van der Waals surface area contributed by atoms with E-state index in [4.69, 9.17) is 5.73 Å². The number of halogens is 1. The van der Waals surface area contributed by atoms with Crippen LogP contribution in [0.15, 0.2) is 5.38 Å². The third kappa shape index (κ3) is 3.42. The van der Waals surface area contributed by atoms with E-state index in [1.54, 1.807) is 0 Å². The maximum absolute atomic E-state index is 5.63. The Bertz CT molecular complexity index is 325. The first-order valence-corrected chi connectivity index (χ1v) is 6.43. The molecule has 5 heteroatoms. The molecule has 0 radical (unpaired) electrons. The van der Waals surface area contributed by atoms with E-state index < -0.39 is 0 Å². The van der Waals surface area contributed by atoms with Crippen molar-refractivity contribution in [2.24, 2.45) is 5.73 Å². The molecule has 0 amide bonds. The molecule has 92 valence electrons. The second-order valence-corrected chi connectivity index (χ2v) is 5.34. The maximum Gasteiger partial charge on any atom is 0.0959 e. The standard InChI is InChI=1S/C11H19N3S.ClH/c1-8(5-12)14(2)6-10-7-15-11(13-10)9-3-4-9;/h7-9H,3-6,12H2,1-2H3;1H. The lowest BCUT2D eigenvalue weighted by atomic mass is 10.3. The molecule has 0 aromatic carbocycles. The second-order valence-electron chi connectivity index (χ2n) is 4.45. The van der Waals surface area contributed by atoms with E-state index in [1.807, 2.05) is 11.3 Å². The summed E-state index contributed by atoms with van der Waals surface area (Å²) in [7, 11) is 2.10. The first kappa shape index (κ1) is 13.9. The predicted octanol–water partition coefficient (Wildman–Crippen LogP) is 2.22. The van der Waals surface area contributed by atoms with E-state index >= 15 is 0 Å². The Kier molecular flexibility index (Phi) is 5.18. The van der Waals surface area contributed by atoms with E-state index in [1.165, 1.54) is 23.5 Å². The Morgan fingerprint density at radius 3 is 2.88 bits per heavy atom. The summed E-state index contributed by atoms with van der Waals surface area (Å²) >= 11 is 1.81. The van der Waals surface area contributed by atoms with Crippen molar-refractivity contribution in [2.45, 2.75) is 38.3 Å². The van der Waals surface area contributed by atoms with E-state index in [0.717, 1.165) is 12.5 Å². The van der Waals surface area contributed by atoms with Gasteiger partial charge in [0.25, 0.3) is 0 Å². The molecule has 3 nitrogen and oxygen atoms in total. The first-order chi connectivity index (χ1) is 7.20. The molecule has 2 rings (SSSR count). The second kappa shape index (κ2) is 5.96. The fraction of sp³-hybridized carbons (Fsp3) is 0.727. The third-order valence-electron chi connectivity index (χ3n) is 3.00. The number of thiazole rings is 1. The maximum atomic E-state index is 5.63. The molecule has 0 spiro atoms. The van der Waals surface area contributed by atoms with Gasteiger partial charge in [0.2, 0.25) is 0 Å². The predicted molar refractivity (Wildman–Crippen MR) is 71.3 cm³/mol. The van der Waals surface area contributed by atoms with Gasteiger partial charge in [-0.2, -0.15) is 0 Å². The topological polar surface area (TPSA) is 42.1 Å². The number of nitrogens with two attached hydrogens (primary N) is 1. The highest BCUT2D eigenvalue weighted by atomic mass is 35.5. The van der Waals surface area contributed by atoms with Crippen molar-refractivity contribution in [1.82, 2.24) is 9.88 Å². The zero-order valence-corrected chi connectivity index (χ0v) is 11.5. The Morgan fingerprint density at radius 1 is 1.62 bits per heavy atom. The van der Waals surface area contributed by atoms with Crippen LogP contribution in [0.4, 0.5) is 0 Å². The van der Waals surface area contributed by atoms with E-state index in [9.17, 15) is 0 Å². The molecule has 0 aliphatic heterocycles. The summed E-state index contributed by atoms with van der Waals surface area (Å²) in [5, 5.41) is 3.52. The van der Waals surface area contributed by atoms with Gasteiger partial charge in [0, 0.05) is 30.4 Å². The average molecular weight is 262 g/mol. The fourth-order valence-electron chi connectivity index (χ4n) is 1.50. The summed E-state index contributed by atoms with van der Waals surface area (Å²) in [6, 6.07) is 0.427. The molecule has 1 heterocycles. The molecule has 0 bridgehead atoms. The third-order valence-corrected chi connectivity index (χ3v) is 4.06. The first-order valence-electron chi connectivity index (χ1n) is 5.55. The Morgan fingerprint density at radius 2 is 2.31 bits per heavy atom. The van der Waals surface area contributed by atoms with E-state index in [2.05, 4.69) is 29.2 Å². The number of hydrogen-bond donors (Lipinski definition) is 1. The number of aromatic nitrogens is 1. The summed E-state index contributed by atoms with van der Waals surface area (Å²) < 4.78 is 0. The van der Waals surface area contributed by atoms with Gasteiger partial charge in [0.1, 0.15) is 0 Å². The minimum Gasteiger partial charge on any atom is -0.329 e. The van der Waals surface area contributed by atoms with E-state index in [-0.39, 0.29) is 12.4 Å². The fourth-order valence-corrected chi connectivity index (χ4v) is 2.49. The van der Waals surface area contributed by atoms with Crippen LogP contribution in [0.3, 0.4) is 0 Å². The van der Waals surface area contributed by atoms with Crippen molar-refractivity contribution in [1.29, 1.82) is 0 Å². The van der Waals surface area contributed by atoms with Crippen LogP contribution in [0.25, 0.3) is 0 Å². The van der Waals surface area contributed by atoms with Crippen LogP contribution in [-0.2, 0) is 6.54 Å². The molecular weight excluding hydrogens is 242 g/mol. The van der Waals surface area contributed by atoms with Gasteiger partial charge < -0.3 is 5.73 Å². The van der Waals surface area contributed by atoms with Crippen molar-refractivity contribution in [2.75, 3.05) is 13.6 Å². The molecule has 1 aromatic rings. The van der Waals surface area contributed by atoms with Crippen LogP contribution < -0.4 is 5.73 Å². The van der Waals surface area contributed by atoms with Crippen LogP contribution in [-0.4, -0.2) is 29.5 Å². The molecule has 1 fully saturated rings. The monoisotopic (exact) mass is 261 g/mol. The van der Waals surface area contributed by atoms with Crippen LogP contribution in [0.5, 0.6) is 0 Å². The normalized spacial score (nSPS) is 17.2. The molecule has 1 unspecified atom stereocenters. The van der Waals surface area contributed by atoms with Gasteiger partial charge in [0.15, 0.2) is 0 Å². The molecule has 1 saturated carbocycles. The summed E-state index contributed by atoms with van der Waals surface area (Å²) in [5.41, 5.74) is 6.83. The summed E-state index contributed by atoms with van der Waals surface area (Å²) in [6.45, 7) is 3.77. The Balaban J connectivity index is 0.00000128. The number of rotatable bonds is 5. The van der Waals surface area contributed by atoms with Gasteiger partial charge in [-0.15, -0.1) is 23.7 Å². The molecule has 1 aliphatic rings. The quantitative estimate of drug-likeness (QED) is 0.884. The molecular formula is C11H20ClN3S. The van der Waals surface area contributed by atoms with Crippen LogP contribution in [0, 0.1) is 0 Å². The van der Waals surface area contributed by atoms with Gasteiger partial charge in [-0.25, -0.2) is 4.98 Å². The lowest BCUT2D eigenvalue weighted by Crippen LogP contribution is -2.34. The zero-order valence-electron chi connectivity index (χ0n) is 9.85. The molecule has 2 N–H and O–H groups in total. The summed E-state index contributed by atoms with van der Waals surface area (Å²) in [6.07, 6.45) is 2.67. The van der Waals surface area contributed by atoms with Gasteiger partial charge in [-0.05, 0) is 26.8 Å². The SMILES string of the molecule is CC(CN)N(C)Cc1csc(C2CC2)n1.Cl. The van der Waals surface area contributed by atoms with Crippen molar-refractivity contribution in [3.8, 4) is 0 Å². The van der Waals surface area contributed by atoms with Crippen LogP contribution in [0.2, 0.25) is 0 Å². The highest BCUT2D eigenvalue weighted by Crippen LogP contribution is 2.41. The van der Waals surface area contributed by atoms with Gasteiger partial charge in [-0.1, -0.05) is 0 Å². The molecule has 1 aromatic heterocycles. The number of hydrogen-bond acceptors (Lipinski definition) is 4. The number of likely N-dealkylation sites (N-methyl/N-ethyl adjacent to an activating group) is 1. The molecule has 16 heavy (non-hydrogen) atoms.